The van der Waals surface area contributed by atoms with Gasteiger partial charge in [-0.3, -0.25) is 14.5 Å². The summed E-state index contributed by atoms with van der Waals surface area (Å²) in [6, 6.07) is 10.6. The van der Waals surface area contributed by atoms with E-state index in [1.165, 1.54) is 12.7 Å². The van der Waals surface area contributed by atoms with Gasteiger partial charge >= 0.3 is 5.97 Å². The highest BCUT2D eigenvalue weighted by atomic mass is 16.5. The van der Waals surface area contributed by atoms with Gasteiger partial charge in [0.05, 0.1) is 13.0 Å². The predicted octanol–water partition coefficient (Wildman–Crippen LogP) is 1.28. The van der Waals surface area contributed by atoms with E-state index < -0.39 is 0 Å². The van der Waals surface area contributed by atoms with Gasteiger partial charge in [0.25, 0.3) is 0 Å². The third kappa shape index (κ3) is 3.14. The molecule has 0 spiro atoms. The van der Waals surface area contributed by atoms with E-state index in [-0.39, 0.29) is 23.8 Å². The Bertz CT molecular complexity index is 546. The lowest BCUT2D eigenvalue weighted by Gasteiger charge is -2.24. The molecule has 0 N–H and O–H groups in total. The van der Waals surface area contributed by atoms with Crippen LogP contribution in [0.1, 0.15) is 18.4 Å². The third-order valence-corrected chi connectivity index (χ3v) is 4.63. The molecule has 0 aliphatic carbocycles. The van der Waals surface area contributed by atoms with Crippen molar-refractivity contribution in [2.24, 2.45) is 5.92 Å². The molecule has 0 saturated carbocycles. The number of carbonyl (C=O) groups is 2. The van der Waals surface area contributed by atoms with Crippen LogP contribution in [0.25, 0.3) is 0 Å². The first kappa shape index (κ1) is 15.0. The molecule has 2 aliphatic heterocycles. The van der Waals surface area contributed by atoms with Crippen molar-refractivity contribution >= 4 is 11.9 Å². The number of nitrogens with zero attached hydrogens (tertiary/aromatic N) is 2. The van der Waals surface area contributed by atoms with Crippen molar-refractivity contribution in [3.8, 4) is 0 Å². The Morgan fingerprint density at radius 1 is 1.27 bits per heavy atom. The van der Waals surface area contributed by atoms with E-state index in [4.69, 9.17) is 4.74 Å². The minimum Gasteiger partial charge on any atom is -0.469 e. The van der Waals surface area contributed by atoms with E-state index in [1.807, 2.05) is 23.1 Å². The van der Waals surface area contributed by atoms with E-state index >= 15 is 0 Å². The molecule has 2 aliphatic rings. The maximum Gasteiger partial charge on any atom is 0.310 e. The predicted molar refractivity (Wildman–Crippen MR) is 82.0 cm³/mol. The summed E-state index contributed by atoms with van der Waals surface area (Å²) < 4.78 is 4.77. The van der Waals surface area contributed by atoms with E-state index in [1.54, 1.807) is 0 Å². The van der Waals surface area contributed by atoms with Crippen LogP contribution in [0.2, 0.25) is 0 Å². The topological polar surface area (TPSA) is 49.9 Å². The van der Waals surface area contributed by atoms with E-state index in [0.29, 0.717) is 13.0 Å². The summed E-state index contributed by atoms with van der Waals surface area (Å²) in [4.78, 5) is 28.0. The largest absolute Gasteiger partial charge is 0.469 e. The van der Waals surface area contributed by atoms with Gasteiger partial charge < -0.3 is 9.64 Å². The van der Waals surface area contributed by atoms with Gasteiger partial charge in [0.15, 0.2) is 0 Å². The Balaban J connectivity index is 1.56. The molecular formula is C17H22N2O3. The van der Waals surface area contributed by atoms with E-state index in [2.05, 4.69) is 17.0 Å². The SMILES string of the molecule is COC(=O)[C@H]1CC(=O)N([C@@H]2CCN(Cc3ccccc3)C2)C1. The number of ether oxygens (including phenoxy) is 1. The molecule has 118 valence electrons. The van der Waals surface area contributed by atoms with E-state index in [9.17, 15) is 9.59 Å². The number of hydrogen-bond donors (Lipinski definition) is 0. The average Bonchev–Trinajstić information content (AvgIpc) is 3.14. The summed E-state index contributed by atoms with van der Waals surface area (Å²) in [6.07, 6.45) is 1.27. The van der Waals surface area contributed by atoms with Gasteiger partial charge in [-0.1, -0.05) is 30.3 Å². The summed E-state index contributed by atoms with van der Waals surface area (Å²) in [5.74, 6) is -0.474. The Labute approximate surface area is 130 Å². The molecule has 22 heavy (non-hydrogen) atoms. The van der Waals surface area contributed by atoms with Gasteiger partial charge in [-0.05, 0) is 12.0 Å². The molecule has 2 saturated heterocycles. The van der Waals surface area contributed by atoms with Crippen LogP contribution in [-0.2, 0) is 20.9 Å². The van der Waals surface area contributed by atoms with Crippen LogP contribution in [0.15, 0.2) is 30.3 Å². The highest BCUT2D eigenvalue weighted by Gasteiger charge is 2.40. The van der Waals surface area contributed by atoms with Crippen molar-refractivity contribution < 1.29 is 14.3 Å². The van der Waals surface area contributed by atoms with Crippen LogP contribution in [0.3, 0.4) is 0 Å². The molecule has 5 nitrogen and oxygen atoms in total. The Hall–Kier alpha value is -1.88. The van der Waals surface area contributed by atoms with Crippen LogP contribution in [0.4, 0.5) is 0 Å². The fraction of sp³-hybridized carbons (Fsp3) is 0.529. The minimum atomic E-state index is -0.291. The first-order chi connectivity index (χ1) is 10.7. The van der Waals surface area contributed by atoms with Crippen molar-refractivity contribution in [1.82, 2.24) is 9.80 Å². The molecule has 0 radical (unpaired) electrons. The number of methoxy groups -OCH3 is 1. The maximum absolute atomic E-state index is 12.2. The maximum atomic E-state index is 12.2. The van der Waals surface area contributed by atoms with Crippen molar-refractivity contribution in [2.75, 3.05) is 26.7 Å². The molecule has 2 atom stereocenters. The fourth-order valence-corrected chi connectivity index (χ4v) is 3.46. The number of hydrogen-bond acceptors (Lipinski definition) is 4. The molecule has 1 amide bonds. The number of carbonyl (C=O) groups excluding carboxylic acids is 2. The molecule has 2 fully saturated rings. The number of benzene rings is 1. The van der Waals surface area contributed by atoms with Gasteiger partial charge in [-0.15, -0.1) is 0 Å². The van der Waals surface area contributed by atoms with Crippen LogP contribution < -0.4 is 0 Å². The quantitative estimate of drug-likeness (QED) is 0.786. The Morgan fingerprint density at radius 2 is 2.05 bits per heavy atom. The lowest BCUT2D eigenvalue weighted by atomic mass is 10.1. The first-order valence-electron chi connectivity index (χ1n) is 7.81. The normalized spacial score (nSPS) is 25.7. The Morgan fingerprint density at radius 3 is 2.77 bits per heavy atom. The van der Waals surface area contributed by atoms with Gasteiger partial charge in [0, 0.05) is 38.6 Å². The molecule has 0 unspecified atom stereocenters. The average molecular weight is 302 g/mol. The monoisotopic (exact) mass is 302 g/mol. The number of likely N-dealkylation sites (tertiary alicyclic amines) is 2. The van der Waals surface area contributed by atoms with E-state index in [0.717, 1.165) is 26.1 Å². The van der Waals surface area contributed by atoms with Crippen molar-refractivity contribution in [1.29, 1.82) is 0 Å². The molecule has 1 aromatic rings. The minimum absolute atomic E-state index is 0.0851. The van der Waals surface area contributed by atoms with Crippen LogP contribution in [-0.4, -0.2) is 54.5 Å². The molecule has 3 rings (SSSR count). The third-order valence-electron chi connectivity index (χ3n) is 4.63. The molecule has 2 heterocycles. The van der Waals surface area contributed by atoms with Crippen molar-refractivity contribution in [3.63, 3.8) is 0 Å². The van der Waals surface area contributed by atoms with Gasteiger partial charge in [0.1, 0.15) is 0 Å². The van der Waals surface area contributed by atoms with Gasteiger partial charge in [0.2, 0.25) is 5.91 Å². The molecule has 0 aromatic heterocycles. The zero-order valence-electron chi connectivity index (χ0n) is 12.9. The highest BCUT2D eigenvalue weighted by Crippen LogP contribution is 2.26. The molecule has 1 aromatic carbocycles. The Kier molecular flexibility index (Phi) is 4.43. The highest BCUT2D eigenvalue weighted by molar-refractivity contribution is 5.87. The number of rotatable bonds is 4. The molecular weight excluding hydrogens is 280 g/mol. The fourth-order valence-electron chi connectivity index (χ4n) is 3.46. The summed E-state index contributed by atoms with van der Waals surface area (Å²) in [7, 11) is 1.38. The van der Waals surface area contributed by atoms with Gasteiger partial charge in [-0.2, -0.15) is 0 Å². The first-order valence-corrected chi connectivity index (χ1v) is 7.81. The van der Waals surface area contributed by atoms with Crippen molar-refractivity contribution in [2.45, 2.75) is 25.4 Å². The molecule has 0 bridgehead atoms. The second-order valence-electron chi connectivity index (χ2n) is 6.13. The lowest BCUT2D eigenvalue weighted by Crippen LogP contribution is -2.39. The zero-order chi connectivity index (χ0) is 15.5. The summed E-state index contributed by atoms with van der Waals surface area (Å²) in [5.41, 5.74) is 1.29. The van der Waals surface area contributed by atoms with Crippen LogP contribution >= 0.6 is 0 Å². The van der Waals surface area contributed by atoms with Crippen LogP contribution in [0, 0.1) is 5.92 Å². The zero-order valence-corrected chi connectivity index (χ0v) is 12.9. The summed E-state index contributed by atoms with van der Waals surface area (Å²) in [5, 5.41) is 0. The second-order valence-corrected chi connectivity index (χ2v) is 6.13. The smallest absolute Gasteiger partial charge is 0.310 e. The molecule has 5 heteroatoms. The number of esters is 1. The second kappa shape index (κ2) is 6.48. The summed E-state index contributed by atoms with van der Waals surface area (Å²) >= 11 is 0. The van der Waals surface area contributed by atoms with Gasteiger partial charge in [-0.25, -0.2) is 0 Å². The standard InChI is InChI=1S/C17H22N2O3/c1-22-17(21)14-9-16(20)19(11-14)15-7-8-18(12-15)10-13-5-3-2-4-6-13/h2-6,14-15H,7-12H2,1H3/t14-,15+/m0/s1. The summed E-state index contributed by atoms with van der Waals surface area (Å²) in [6.45, 7) is 3.30. The van der Waals surface area contributed by atoms with Crippen molar-refractivity contribution in [3.05, 3.63) is 35.9 Å². The van der Waals surface area contributed by atoms with Crippen LogP contribution in [0.5, 0.6) is 0 Å². The lowest BCUT2D eigenvalue weighted by molar-refractivity contribution is -0.145. The number of amides is 1.